The number of halogens is 1. The summed E-state index contributed by atoms with van der Waals surface area (Å²) in [4.78, 5) is 29.2. The molecule has 0 aliphatic heterocycles. The normalized spacial score (nSPS) is 11.4. The van der Waals surface area contributed by atoms with Gasteiger partial charge >= 0.3 is 0 Å². The predicted octanol–water partition coefficient (Wildman–Crippen LogP) is 3.19. The van der Waals surface area contributed by atoms with Crippen molar-refractivity contribution >= 4 is 22.4 Å². The number of nitrogens with one attached hydrogen (secondary N) is 1. The van der Waals surface area contributed by atoms with Crippen LogP contribution in [0.1, 0.15) is 19.5 Å². The summed E-state index contributed by atoms with van der Waals surface area (Å²) >= 11 is 1.31. The molecule has 0 radical (unpaired) electrons. The largest absolute Gasteiger partial charge is 0.300 e. The second-order valence-electron chi connectivity index (χ2n) is 6.28. The molecule has 0 atom stereocenters. The molecule has 1 N–H and O–H groups in total. The van der Waals surface area contributed by atoms with E-state index < -0.39 is 17.0 Å². The third kappa shape index (κ3) is 3.55. The molecule has 2 aromatic heterocycles. The van der Waals surface area contributed by atoms with Crippen molar-refractivity contribution in [3.8, 4) is 11.3 Å². The van der Waals surface area contributed by atoms with E-state index >= 15 is 0 Å². The van der Waals surface area contributed by atoms with Crippen molar-refractivity contribution in [3.63, 3.8) is 0 Å². The maximum absolute atomic E-state index is 13.1. The zero-order chi connectivity index (χ0) is 18.9. The summed E-state index contributed by atoms with van der Waals surface area (Å²) in [6.45, 7) is 5.03. The van der Waals surface area contributed by atoms with Crippen molar-refractivity contribution in [2.45, 2.75) is 26.3 Å². The first-order chi connectivity index (χ1) is 12.3. The summed E-state index contributed by atoms with van der Waals surface area (Å²) in [7, 11) is 0. The number of rotatable bonds is 4. The van der Waals surface area contributed by atoms with Crippen molar-refractivity contribution < 1.29 is 9.18 Å². The van der Waals surface area contributed by atoms with Crippen LogP contribution in [-0.4, -0.2) is 20.7 Å². The first-order valence-electron chi connectivity index (χ1n) is 7.88. The third-order valence-corrected chi connectivity index (χ3v) is 4.74. The van der Waals surface area contributed by atoms with Crippen LogP contribution in [0.4, 0.5) is 9.52 Å². The predicted molar refractivity (Wildman–Crippen MR) is 98.7 cm³/mol. The molecule has 8 heteroatoms. The van der Waals surface area contributed by atoms with E-state index in [1.165, 1.54) is 29.5 Å². The number of carbonyl (C=O) groups excluding carboxylic acids is 1. The molecule has 3 rings (SSSR count). The molecule has 3 aromatic rings. The second kappa shape index (κ2) is 6.80. The molecule has 134 valence electrons. The number of amides is 1. The van der Waals surface area contributed by atoms with Gasteiger partial charge in [0, 0.05) is 17.0 Å². The maximum atomic E-state index is 13.1. The monoisotopic (exact) mass is 372 g/mol. The Morgan fingerprint density at radius 2 is 1.88 bits per heavy atom. The van der Waals surface area contributed by atoms with Gasteiger partial charge in [-0.15, -0.1) is 11.3 Å². The van der Waals surface area contributed by atoms with E-state index in [1.807, 2.05) is 12.3 Å². The molecule has 0 saturated carbocycles. The minimum Gasteiger partial charge on any atom is -0.300 e. The van der Waals surface area contributed by atoms with Crippen LogP contribution in [0, 0.1) is 12.7 Å². The summed E-state index contributed by atoms with van der Waals surface area (Å²) in [6.07, 6.45) is 0. The van der Waals surface area contributed by atoms with Gasteiger partial charge in [-0.05, 0) is 51.1 Å². The van der Waals surface area contributed by atoms with Crippen molar-refractivity contribution in [1.29, 1.82) is 0 Å². The highest BCUT2D eigenvalue weighted by Crippen LogP contribution is 2.21. The average molecular weight is 372 g/mol. The minimum absolute atomic E-state index is 0.361. The first kappa shape index (κ1) is 17.9. The van der Waals surface area contributed by atoms with E-state index in [1.54, 1.807) is 32.0 Å². The fourth-order valence-electron chi connectivity index (χ4n) is 2.34. The Morgan fingerprint density at radius 1 is 1.19 bits per heavy atom. The van der Waals surface area contributed by atoms with Crippen LogP contribution in [0.25, 0.3) is 11.3 Å². The summed E-state index contributed by atoms with van der Waals surface area (Å²) in [5, 5.41) is 9.31. The van der Waals surface area contributed by atoms with E-state index in [0.717, 1.165) is 10.4 Å². The number of carbonyl (C=O) groups is 1. The van der Waals surface area contributed by atoms with Gasteiger partial charge in [-0.25, -0.2) is 14.1 Å². The van der Waals surface area contributed by atoms with Gasteiger partial charge in [0.05, 0.1) is 11.4 Å². The zero-order valence-electron chi connectivity index (χ0n) is 14.5. The molecule has 0 fully saturated rings. The Bertz CT molecular complexity index is 1010. The molecular formula is C18H17FN4O2S. The van der Waals surface area contributed by atoms with Crippen molar-refractivity contribution in [3.05, 3.63) is 63.6 Å². The lowest BCUT2D eigenvalue weighted by Gasteiger charge is -2.24. The number of hydrogen-bond acceptors (Lipinski definition) is 5. The van der Waals surface area contributed by atoms with E-state index in [0.29, 0.717) is 16.4 Å². The number of anilines is 1. The lowest BCUT2D eigenvalue weighted by atomic mass is 10.0. The Labute approximate surface area is 153 Å². The van der Waals surface area contributed by atoms with Crippen LogP contribution in [0.15, 0.2) is 46.6 Å². The van der Waals surface area contributed by atoms with Crippen LogP contribution < -0.4 is 10.9 Å². The Hall–Kier alpha value is -2.87. The van der Waals surface area contributed by atoms with Gasteiger partial charge < -0.3 is 0 Å². The van der Waals surface area contributed by atoms with E-state index in [-0.39, 0.29) is 5.82 Å². The molecule has 0 aliphatic rings. The summed E-state index contributed by atoms with van der Waals surface area (Å²) in [5.74, 6) is -0.766. The Kier molecular flexibility index (Phi) is 4.69. The van der Waals surface area contributed by atoms with Gasteiger partial charge in [0.1, 0.15) is 11.4 Å². The first-order valence-corrected chi connectivity index (χ1v) is 8.76. The molecule has 0 unspecified atom stereocenters. The Morgan fingerprint density at radius 3 is 2.50 bits per heavy atom. The van der Waals surface area contributed by atoms with Crippen molar-refractivity contribution in [2.24, 2.45) is 0 Å². The maximum Gasteiger partial charge on any atom is 0.267 e. The van der Waals surface area contributed by atoms with Crippen LogP contribution in [0.2, 0.25) is 0 Å². The number of thiazole rings is 1. The third-order valence-electron chi connectivity index (χ3n) is 3.86. The van der Waals surface area contributed by atoms with E-state index in [4.69, 9.17) is 0 Å². The molecule has 0 spiro atoms. The number of aromatic nitrogens is 3. The average Bonchev–Trinajstić information content (AvgIpc) is 3.01. The zero-order valence-corrected chi connectivity index (χ0v) is 15.3. The fourth-order valence-corrected chi connectivity index (χ4v) is 3.03. The van der Waals surface area contributed by atoms with Crippen LogP contribution in [0.5, 0.6) is 0 Å². The van der Waals surface area contributed by atoms with E-state index in [9.17, 15) is 14.0 Å². The molecule has 6 nitrogen and oxygen atoms in total. The minimum atomic E-state index is -1.24. The highest BCUT2D eigenvalue weighted by atomic mass is 32.1. The lowest BCUT2D eigenvalue weighted by Crippen LogP contribution is -2.47. The standard InChI is InChI=1S/C18H17FN4O2S/c1-11-10-26-17(20-11)21-16(25)18(2,3)23-15(24)9-8-14(22-23)12-4-6-13(19)7-5-12/h4-10H,1-3H3,(H,20,21,25). The molecule has 0 bridgehead atoms. The van der Waals surface area contributed by atoms with Gasteiger partial charge in [-0.3, -0.25) is 14.9 Å². The lowest BCUT2D eigenvalue weighted by molar-refractivity contribution is -0.123. The molecule has 1 aromatic carbocycles. The number of benzene rings is 1. The van der Waals surface area contributed by atoms with Gasteiger partial charge in [-0.1, -0.05) is 0 Å². The summed E-state index contributed by atoms with van der Waals surface area (Å²) in [5.41, 5.74) is 0.262. The summed E-state index contributed by atoms with van der Waals surface area (Å²) in [6, 6.07) is 8.65. The molecular weight excluding hydrogens is 355 g/mol. The molecule has 0 aliphatic carbocycles. The molecule has 0 saturated heterocycles. The number of nitrogens with zero attached hydrogens (tertiary/aromatic N) is 3. The Balaban J connectivity index is 1.95. The number of hydrogen-bond donors (Lipinski definition) is 1. The highest BCUT2D eigenvalue weighted by molar-refractivity contribution is 7.13. The highest BCUT2D eigenvalue weighted by Gasteiger charge is 2.32. The van der Waals surface area contributed by atoms with Gasteiger partial charge in [-0.2, -0.15) is 5.10 Å². The van der Waals surface area contributed by atoms with E-state index in [2.05, 4.69) is 15.4 Å². The SMILES string of the molecule is Cc1csc(NC(=O)C(C)(C)n2nc(-c3ccc(F)cc3)ccc2=O)n1. The van der Waals surface area contributed by atoms with Crippen LogP contribution in [0.3, 0.4) is 0 Å². The smallest absolute Gasteiger partial charge is 0.267 e. The quantitative estimate of drug-likeness (QED) is 0.763. The topological polar surface area (TPSA) is 76.9 Å². The van der Waals surface area contributed by atoms with Crippen molar-refractivity contribution in [2.75, 3.05) is 5.32 Å². The summed E-state index contributed by atoms with van der Waals surface area (Å²) < 4.78 is 14.2. The van der Waals surface area contributed by atoms with Crippen LogP contribution in [-0.2, 0) is 10.3 Å². The molecule has 26 heavy (non-hydrogen) atoms. The van der Waals surface area contributed by atoms with Crippen molar-refractivity contribution in [1.82, 2.24) is 14.8 Å². The second-order valence-corrected chi connectivity index (χ2v) is 7.14. The number of aryl methyl sites for hydroxylation is 1. The van der Waals surface area contributed by atoms with Gasteiger partial charge in [0.25, 0.3) is 11.5 Å². The van der Waals surface area contributed by atoms with Gasteiger partial charge in [0.15, 0.2) is 5.13 Å². The molecule has 1 amide bonds. The molecule has 2 heterocycles. The van der Waals surface area contributed by atoms with Crippen LogP contribution >= 0.6 is 11.3 Å². The fraction of sp³-hybridized carbons (Fsp3) is 0.222. The van der Waals surface area contributed by atoms with Gasteiger partial charge in [0.2, 0.25) is 0 Å².